The standard InChI is InChI=1S/C15H22N4/c1-2-9-19-14-6-8-17-11-13(14)18-15(19)4-3-12-5-7-16-10-12/h6,8,11-12,16H,2-5,7,9-10H2,1H3. The van der Waals surface area contributed by atoms with Crippen LogP contribution in [-0.2, 0) is 13.0 Å². The Hall–Kier alpha value is -1.42. The molecule has 3 heterocycles. The van der Waals surface area contributed by atoms with E-state index in [1.54, 1.807) is 0 Å². The Morgan fingerprint density at radius 3 is 3.21 bits per heavy atom. The quantitative estimate of drug-likeness (QED) is 0.895. The molecule has 1 aliphatic rings. The second kappa shape index (κ2) is 5.70. The Balaban J connectivity index is 1.82. The second-order valence-electron chi connectivity index (χ2n) is 5.44. The molecule has 0 aromatic carbocycles. The monoisotopic (exact) mass is 258 g/mol. The van der Waals surface area contributed by atoms with Crippen LogP contribution in [0.5, 0.6) is 0 Å². The summed E-state index contributed by atoms with van der Waals surface area (Å²) in [6.07, 6.45) is 8.53. The third kappa shape index (κ3) is 2.63. The first-order valence-electron chi connectivity index (χ1n) is 7.38. The Labute approximate surface area is 114 Å². The van der Waals surface area contributed by atoms with Crippen molar-refractivity contribution in [2.24, 2.45) is 5.92 Å². The number of hydrogen-bond donors (Lipinski definition) is 1. The van der Waals surface area contributed by atoms with Gasteiger partial charge < -0.3 is 9.88 Å². The molecule has 0 amide bonds. The third-order valence-electron chi connectivity index (χ3n) is 4.02. The fraction of sp³-hybridized carbons (Fsp3) is 0.600. The summed E-state index contributed by atoms with van der Waals surface area (Å²) in [6.45, 7) is 5.63. The van der Waals surface area contributed by atoms with Crippen LogP contribution in [0.15, 0.2) is 18.5 Å². The highest BCUT2D eigenvalue weighted by molar-refractivity contribution is 5.74. The van der Waals surface area contributed by atoms with E-state index in [4.69, 9.17) is 4.98 Å². The van der Waals surface area contributed by atoms with Gasteiger partial charge in [0.2, 0.25) is 0 Å². The average Bonchev–Trinajstić information content (AvgIpc) is 3.05. The van der Waals surface area contributed by atoms with Gasteiger partial charge in [-0.05, 0) is 44.3 Å². The van der Waals surface area contributed by atoms with Crippen molar-refractivity contribution in [2.45, 2.75) is 39.2 Å². The summed E-state index contributed by atoms with van der Waals surface area (Å²) in [7, 11) is 0. The minimum atomic E-state index is 0.827. The first-order valence-corrected chi connectivity index (χ1v) is 7.38. The van der Waals surface area contributed by atoms with Gasteiger partial charge in [-0.2, -0.15) is 0 Å². The fourth-order valence-electron chi connectivity index (χ4n) is 2.99. The van der Waals surface area contributed by atoms with Crippen molar-refractivity contribution in [3.05, 3.63) is 24.3 Å². The molecule has 3 rings (SSSR count). The molecule has 102 valence electrons. The molecular formula is C15H22N4. The Bertz CT molecular complexity index is 540. The molecule has 1 saturated heterocycles. The Kier molecular flexibility index (Phi) is 3.78. The van der Waals surface area contributed by atoms with Crippen LogP contribution in [0.4, 0.5) is 0 Å². The molecule has 0 saturated carbocycles. The molecule has 0 radical (unpaired) electrons. The maximum absolute atomic E-state index is 4.77. The van der Waals surface area contributed by atoms with E-state index < -0.39 is 0 Å². The Morgan fingerprint density at radius 2 is 2.42 bits per heavy atom. The maximum atomic E-state index is 4.77. The molecular weight excluding hydrogens is 236 g/mol. The van der Waals surface area contributed by atoms with Crippen molar-refractivity contribution in [3.8, 4) is 0 Å². The topological polar surface area (TPSA) is 42.7 Å². The van der Waals surface area contributed by atoms with Gasteiger partial charge in [0.25, 0.3) is 0 Å². The summed E-state index contributed by atoms with van der Waals surface area (Å²) < 4.78 is 2.37. The van der Waals surface area contributed by atoms with Gasteiger partial charge in [-0.15, -0.1) is 0 Å². The number of fused-ring (bicyclic) bond motifs is 1. The molecule has 2 aromatic heterocycles. The van der Waals surface area contributed by atoms with Gasteiger partial charge in [0.05, 0.1) is 11.7 Å². The molecule has 19 heavy (non-hydrogen) atoms. The fourth-order valence-corrected chi connectivity index (χ4v) is 2.99. The highest BCUT2D eigenvalue weighted by atomic mass is 15.1. The summed E-state index contributed by atoms with van der Waals surface area (Å²) in [6, 6.07) is 2.08. The number of aromatic nitrogens is 3. The van der Waals surface area contributed by atoms with Gasteiger partial charge in [-0.3, -0.25) is 4.98 Å². The summed E-state index contributed by atoms with van der Waals surface area (Å²) in [5, 5.41) is 3.44. The molecule has 1 aliphatic heterocycles. The number of aryl methyl sites for hydroxylation is 2. The van der Waals surface area contributed by atoms with Crippen molar-refractivity contribution in [2.75, 3.05) is 13.1 Å². The lowest BCUT2D eigenvalue weighted by atomic mass is 10.0. The molecule has 1 atom stereocenters. The van der Waals surface area contributed by atoms with E-state index in [2.05, 4.69) is 27.9 Å². The van der Waals surface area contributed by atoms with Crippen LogP contribution in [0, 0.1) is 5.92 Å². The molecule has 0 spiro atoms. The minimum absolute atomic E-state index is 0.827. The Morgan fingerprint density at radius 1 is 1.47 bits per heavy atom. The number of imidazole rings is 1. The molecule has 1 fully saturated rings. The van der Waals surface area contributed by atoms with Gasteiger partial charge >= 0.3 is 0 Å². The predicted molar refractivity (Wildman–Crippen MR) is 77.1 cm³/mol. The van der Waals surface area contributed by atoms with Crippen LogP contribution >= 0.6 is 0 Å². The van der Waals surface area contributed by atoms with Gasteiger partial charge in [-0.1, -0.05) is 6.92 Å². The number of pyridine rings is 1. The number of hydrogen-bond acceptors (Lipinski definition) is 3. The number of nitrogens with one attached hydrogen (secondary N) is 1. The molecule has 2 aromatic rings. The van der Waals surface area contributed by atoms with Gasteiger partial charge in [0.15, 0.2) is 0 Å². The van der Waals surface area contributed by atoms with Crippen molar-refractivity contribution >= 4 is 11.0 Å². The van der Waals surface area contributed by atoms with E-state index in [0.29, 0.717) is 0 Å². The highest BCUT2D eigenvalue weighted by Gasteiger charge is 2.16. The van der Waals surface area contributed by atoms with Crippen molar-refractivity contribution in [3.63, 3.8) is 0 Å². The molecule has 4 heteroatoms. The first-order chi connectivity index (χ1) is 9.38. The van der Waals surface area contributed by atoms with Crippen LogP contribution < -0.4 is 5.32 Å². The molecule has 0 aliphatic carbocycles. The smallest absolute Gasteiger partial charge is 0.109 e. The largest absolute Gasteiger partial charge is 0.328 e. The van der Waals surface area contributed by atoms with E-state index in [1.807, 2.05) is 12.4 Å². The SMILES string of the molecule is CCCn1c(CCC2CCNC2)nc2cnccc21. The maximum Gasteiger partial charge on any atom is 0.109 e. The van der Waals surface area contributed by atoms with E-state index in [0.717, 1.165) is 30.8 Å². The summed E-state index contributed by atoms with van der Waals surface area (Å²) in [5.41, 5.74) is 2.27. The summed E-state index contributed by atoms with van der Waals surface area (Å²) in [4.78, 5) is 8.95. The zero-order chi connectivity index (χ0) is 13.1. The summed E-state index contributed by atoms with van der Waals surface area (Å²) in [5.74, 6) is 2.06. The lowest BCUT2D eigenvalue weighted by molar-refractivity contribution is 0.513. The zero-order valence-corrected chi connectivity index (χ0v) is 11.6. The van der Waals surface area contributed by atoms with Crippen molar-refractivity contribution in [1.82, 2.24) is 19.9 Å². The molecule has 0 bridgehead atoms. The van der Waals surface area contributed by atoms with Gasteiger partial charge in [-0.25, -0.2) is 4.98 Å². The van der Waals surface area contributed by atoms with Crippen LogP contribution in [-0.4, -0.2) is 27.6 Å². The van der Waals surface area contributed by atoms with Crippen LogP contribution in [0.3, 0.4) is 0 Å². The lowest BCUT2D eigenvalue weighted by Gasteiger charge is -2.10. The average molecular weight is 258 g/mol. The van der Waals surface area contributed by atoms with E-state index >= 15 is 0 Å². The predicted octanol–water partition coefficient (Wildman–Crippen LogP) is 2.38. The number of nitrogens with zero attached hydrogens (tertiary/aromatic N) is 3. The van der Waals surface area contributed by atoms with Crippen LogP contribution in [0.25, 0.3) is 11.0 Å². The van der Waals surface area contributed by atoms with E-state index in [9.17, 15) is 0 Å². The normalized spacial score (nSPS) is 19.3. The van der Waals surface area contributed by atoms with Crippen molar-refractivity contribution in [1.29, 1.82) is 0 Å². The van der Waals surface area contributed by atoms with Gasteiger partial charge in [0.1, 0.15) is 11.3 Å². The molecule has 1 N–H and O–H groups in total. The summed E-state index contributed by atoms with van der Waals surface area (Å²) >= 11 is 0. The van der Waals surface area contributed by atoms with Gasteiger partial charge in [0, 0.05) is 19.2 Å². The lowest BCUT2D eigenvalue weighted by Crippen LogP contribution is -2.11. The van der Waals surface area contributed by atoms with Crippen LogP contribution in [0.2, 0.25) is 0 Å². The van der Waals surface area contributed by atoms with E-state index in [1.165, 1.54) is 37.3 Å². The highest BCUT2D eigenvalue weighted by Crippen LogP contribution is 2.20. The minimum Gasteiger partial charge on any atom is -0.328 e. The van der Waals surface area contributed by atoms with Crippen LogP contribution in [0.1, 0.15) is 32.0 Å². The zero-order valence-electron chi connectivity index (χ0n) is 11.6. The third-order valence-corrected chi connectivity index (χ3v) is 4.02. The second-order valence-corrected chi connectivity index (χ2v) is 5.44. The molecule has 4 nitrogen and oxygen atoms in total. The van der Waals surface area contributed by atoms with E-state index in [-0.39, 0.29) is 0 Å². The number of rotatable bonds is 5. The first kappa shape index (κ1) is 12.6. The van der Waals surface area contributed by atoms with Crippen molar-refractivity contribution < 1.29 is 0 Å². The molecule has 1 unspecified atom stereocenters.